The van der Waals surface area contributed by atoms with Gasteiger partial charge in [-0.1, -0.05) is 18.2 Å². The lowest BCUT2D eigenvalue weighted by molar-refractivity contribution is -0.916. The molecule has 0 spiro atoms. The van der Waals surface area contributed by atoms with Crippen LogP contribution in [0.25, 0.3) is 0 Å². The molecule has 0 heterocycles. The number of halogens is 1. The normalized spacial score (nSPS) is 14.7. The summed E-state index contributed by atoms with van der Waals surface area (Å²) >= 11 is 0. The molecule has 2 aromatic carbocycles. The molecular weight excluding hydrogens is 305 g/mol. The van der Waals surface area contributed by atoms with Crippen molar-refractivity contribution in [3.05, 3.63) is 65.5 Å². The fourth-order valence-corrected chi connectivity index (χ4v) is 2.79. The van der Waals surface area contributed by atoms with Crippen molar-refractivity contribution in [2.75, 3.05) is 11.9 Å². The maximum Gasteiger partial charge on any atom is 0.279 e. The lowest BCUT2D eigenvalue weighted by Crippen LogP contribution is -3.13. The Morgan fingerprint density at radius 2 is 2.00 bits per heavy atom. The van der Waals surface area contributed by atoms with Gasteiger partial charge in [0, 0.05) is 24.1 Å². The molecule has 122 valence electrons. The van der Waals surface area contributed by atoms with Gasteiger partial charge in [0.05, 0.1) is 17.7 Å². The van der Waals surface area contributed by atoms with Crippen LogP contribution >= 0.6 is 0 Å². The average Bonchev–Trinajstić information content (AvgIpc) is 3.41. The van der Waals surface area contributed by atoms with Gasteiger partial charge in [-0.3, -0.25) is 4.79 Å². The number of nitriles is 1. The van der Waals surface area contributed by atoms with E-state index >= 15 is 0 Å². The fourth-order valence-electron chi connectivity index (χ4n) is 2.79. The number of carbonyl (C=O) groups is 1. The zero-order valence-corrected chi connectivity index (χ0v) is 13.3. The first kappa shape index (κ1) is 16.2. The largest absolute Gasteiger partial charge is 0.321 e. The summed E-state index contributed by atoms with van der Waals surface area (Å²) in [6.07, 6.45) is 2.24. The van der Waals surface area contributed by atoms with E-state index in [2.05, 4.69) is 11.4 Å². The van der Waals surface area contributed by atoms with E-state index in [1.165, 1.54) is 17.0 Å². The van der Waals surface area contributed by atoms with E-state index in [1.807, 2.05) is 0 Å². The van der Waals surface area contributed by atoms with Crippen molar-refractivity contribution in [2.45, 2.75) is 25.4 Å². The van der Waals surface area contributed by atoms with Gasteiger partial charge < -0.3 is 10.2 Å². The number of nitrogens with one attached hydrogen (secondary N) is 2. The molecule has 2 N–H and O–H groups in total. The molecule has 2 aromatic rings. The number of amides is 1. The molecule has 0 aromatic heterocycles. The molecule has 24 heavy (non-hydrogen) atoms. The predicted octanol–water partition coefficient (Wildman–Crippen LogP) is 1.88. The van der Waals surface area contributed by atoms with Crippen LogP contribution in [0.1, 0.15) is 24.0 Å². The molecule has 0 bridgehead atoms. The van der Waals surface area contributed by atoms with Crippen molar-refractivity contribution >= 4 is 11.6 Å². The Hall–Kier alpha value is -2.71. The maximum absolute atomic E-state index is 13.0. The first-order chi connectivity index (χ1) is 11.6. The number of anilines is 1. The number of hydrogen-bond donors (Lipinski definition) is 2. The molecular formula is C19H19FN3O+. The van der Waals surface area contributed by atoms with E-state index in [0.717, 1.165) is 18.4 Å². The van der Waals surface area contributed by atoms with E-state index in [0.29, 0.717) is 30.4 Å². The van der Waals surface area contributed by atoms with E-state index in [4.69, 9.17) is 5.26 Å². The Morgan fingerprint density at radius 1 is 1.25 bits per heavy atom. The molecule has 1 fully saturated rings. The van der Waals surface area contributed by atoms with Gasteiger partial charge in [-0.25, -0.2) is 4.39 Å². The third-order valence-corrected chi connectivity index (χ3v) is 4.16. The van der Waals surface area contributed by atoms with Crippen LogP contribution in [0.5, 0.6) is 0 Å². The quantitative estimate of drug-likeness (QED) is 0.852. The van der Waals surface area contributed by atoms with Gasteiger partial charge in [0.15, 0.2) is 6.54 Å². The van der Waals surface area contributed by atoms with Crippen LogP contribution in [0.15, 0.2) is 48.5 Å². The molecule has 1 saturated carbocycles. The number of quaternary nitrogens is 1. The van der Waals surface area contributed by atoms with Crippen LogP contribution < -0.4 is 10.2 Å². The summed E-state index contributed by atoms with van der Waals surface area (Å²) in [7, 11) is 0. The van der Waals surface area contributed by atoms with Crippen molar-refractivity contribution in [2.24, 2.45) is 0 Å². The average molecular weight is 324 g/mol. The summed E-state index contributed by atoms with van der Waals surface area (Å²) in [6.45, 7) is 1.06. The van der Waals surface area contributed by atoms with Crippen LogP contribution in [-0.4, -0.2) is 18.5 Å². The third-order valence-electron chi connectivity index (χ3n) is 4.16. The molecule has 0 radical (unpaired) electrons. The monoisotopic (exact) mass is 324 g/mol. The first-order valence-corrected chi connectivity index (χ1v) is 8.03. The Balaban J connectivity index is 1.61. The molecule has 0 saturated heterocycles. The lowest BCUT2D eigenvalue weighted by atomic mass is 10.2. The van der Waals surface area contributed by atoms with Crippen LogP contribution in [0.4, 0.5) is 10.1 Å². The SMILES string of the molecule is N#Cc1cccc(NC(=O)C[NH+](Cc2ccc(F)cc2)C2CC2)c1. The van der Waals surface area contributed by atoms with E-state index in [-0.39, 0.29) is 11.7 Å². The van der Waals surface area contributed by atoms with Gasteiger partial charge in [0.2, 0.25) is 0 Å². The second-order valence-corrected chi connectivity index (χ2v) is 6.15. The highest BCUT2D eigenvalue weighted by Crippen LogP contribution is 2.16. The highest BCUT2D eigenvalue weighted by molar-refractivity contribution is 5.91. The Morgan fingerprint density at radius 3 is 2.67 bits per heavy atom. The summed E-state index contributed by atoms with van der Waals surface area (Å²) in [4.78, 5) is 13.5. The minimum absolute atomic E-state index is 0.0749. The Labute approximate surface area is 140 Å². The second-order valence-electron chi connectivity index (χ2n) is 6.15. The van der Waals surface area contributed by atoms with Gasteiger partial charge >= 0.3 is 0 Å². The number of benzene rings is 2. The highest BCUT2D eigenvalue weighted by Gasteiger charge is 2.34. The lowest BCUT2D eigenvalue weighted by Gasteiger charge is -2.19. The van der Waals surface area contributed by atoms with Crippen molar-refractivity contribution in [1.82, 2.24) is 0 Å². The van der Waals surface area contributed by atoms with Gasteiger partial charge in [-0.2, -0.15) is 5.26 Å². The molecule has 1 unspecified atom stereocenters. The predicted molar refractivity (Wildman–Crippen MR) is 88.7 cm³/mol. The highest BCUT2D eigenvalue weighted by atomic mass is 19.1. The summed E-state index contributed by atoms with van der Waals surface area (Å²) in [5.41, 5.74) is 2.18. The molecule has 1 aliphatic rings. The first-order valence-electron chi connectivity index (χ1n) is 8.03. The topological polar surface area (TPSA) is 57.3 Å². The summed E-state index contributed by atoms with van der Waals surface area (Å²) in [6, 6.07) is 15.9. The van der Waals surface area contributed by atoms with Crippen LogP contribution in [0, 0.1) is 17.1 Å². The Kier molecular flexibility index (Phi) is 4.88. The maximum atomic E-state index is 13.0. The van der Waals surface area contributed by atoms with Gasteiger partial charge in [-0.15, -0.1) is 0 Å². The van der Waals surface area contributed by atoms with Crippen molar-refractivity contribution in [3.8, 4) is 6.07 Å². The van der Waals surface area contributed by atoms with Crippen LogP contribution in [0.2, 0.25) is 0 Å². The molecule has 1 aliphatic carbocycles. The molecule has 3 rings (SSSR count). The number of rotatable bonds is 6. The third kappa shape index (κ3) is 4.40. The van der Waals surface area contributed by atoms with E-state index < -0.39 is 0 Å². The summed E-state index contributed by atoms with van der Waals surface area (Å²) in [5, 5.41) is 11.8. The number of nitrogens with zero attached hydrogens (tertiary/aromatic N) is 1. The van der Waals surface area contributed by atoms with Gasteiger partial charge in [0.1, 0.15) is 12.4 Å². The molecule has 0 aliphatic heterocycles. The zero-order chi connectivity index (χ0) is 16.9. The molecule has 1 amide bonds. The fraction of sp³-hybridized carbons (Fsp3) is 0.263. The Bertz CT molecular complexity index is 763. The standard InChI is InChI=1S/C19H18FN3O/c20-16-6-4-14(5-7-16)12-23(18-8-9-18)13-19(24)22-17-3-1-2-15(10-17)11-21/h1-7,10,18H,8-9,12-13H2,(H,22,24)/p+1. The van der Waals surface area contributed by atoms with Crippen molar-refractivity contribution in [3.63, 3.8) is 0 Å². The second kappa shape index (κ2) is 7.24. The zero-order valence-electron chi connectivity index (χ0n) is 13.3. The van der Waals surface area contributed by atoms with E-state index in [9.17, 15) is 9.18 Å². The minimum Gasteiger partial charge on any atom is -0.321 e. The molecule has 4 nitrogen and oxygen atoms in total. The van der Waals surface area contributed by atoms with Crippen molar-refractivity contribution < 1.29 is 14.1 Å². The summed E-state index contributed by atoms with van der Waals surface area (Å²) < 4.78 is 13.0. The smallest absolute Gasteiger partial charge is 0.279 e. The van der Waals surface area contributed by atoms with Crippen LogP contribution in [0.3, 0.4) is 0 Å². The number of hydrogen-bond acceptors (Lipinski definition) is 2. The van der Waals surface area contributed by atoms with Gasteiger partial charge in [-0.05, 0) is 30.3 Å². The van der Waals surface area contributed by atoms with E-state index in [1.54, 1.807) is 36.4 Å². The number of carbonyl (C=O) groups excluding carboxylic acids is 1. The summed E-state index contributed by atoms with van der Waals surface area (Å²) in [5.74, 6) is -0.323. The molecule has 1 atom stereocenters. The van der Waals surface area contributed by atoms with Crippen molar-refractivity contribution in [1.29, 1.82) is 5.26 Å². The van der Waals surface area contributed by atoms with Gasteiger partial charge in [0.25, 0.3) is 5.91 Å². The minimum atomic E-state index is -0.248. The molecule has 5 heteroatoms. The van der Waals surface area contributed by atoms with Crippen LogP contribution in [-0.2, 0) is 11.3 Å².